The third-order valence-corrected chi connectivity index (χ3v) is 4.11. The molecule has 106 valence electrons. The van der Waals surface area contributed by atoms with Crippen LogP contribution in [0.25, 0.3) is 0 Å². The van der Waals surface area contributed by atoms with Crippen molar-refractivity contribution >= 4 is 0 Å². The summed E-state index contributed by atoms with van der Waals surface area (Å²) in [6.07, 6.45) is 3.29. The number of β-amino-alcohol motifs (C(OH)–C–C–N with tert-alkyl or cyclic N) is 1. The highest BCUT2D eigenvalue weighted by Gasteiger charge is 2.22. The lowest BCUT2D eigenvalue weighted by molar-refractivity contribution is 0.110. The zero-order chi connectivity index (χ0) is 13.8. The predicted molar refractivity (Wildman–Crippen MR) is 80.2 cm³/mol. The second-order valence-electron chi connectivity index (χ2n) is 6.34. The highest BCUT2D eigenvalue weighted by Crippen LogP contribution is 2.22. The van der Waals surface area contributed by atoms with Gasteiger partial charge in [0, 0.05) is 12.6 Å². The van der Waals surface area contributed by atoms with Crippen molar-refractivity contribution in [2.45, 2.75) is 52.2 Å². The van der Waals surface area contributed by atoms with Crippen molar-refractivity contribution in [1.29, 1.82) is 0 Å². The fraction of sp³-hybridized carbons (Fsp3) is 0.647. The van der Waals surface area contributed by atoms with Crippen molar-refractivity contribution in [2.75, 3.05) is 13.1 Å². The molecule has 2 heteroatoms. The maximum Gasteiger partial charge on any atom is 0.0917 e. The van der Waals surface area contributed by atoms with Crippen LogP contribution in [0.5, 0.6) is 0 Å². The predicted octanol–water partition coefficient (Wildman–Crippen LogP) is 3.40. The Hall–Kier alpha value is -0.860. The summed E-state index contributed by atoms with van der Waals surface area (Å²) in [5, 5.41) is 10.3. The van der Waals surface area contributed by atoms with Crippen LogP contribution in [-0.2, 0) is 6.42 Å². The van der Waals surface area contributed by atoms with Gasteiger partial charge in [-0.3, -0.25) is 4.90 Å². The van der Waals surface area contributed by atoms with E-state index < -0.39 is 0 Å². The molecule has 0 saturated carbocycles. The number of hydrogen-bond acceptors (Lipinski definition) is 2. The Kier molecular flexibility index (Phi) is 5.00. The molecule has 0 spiro atoms. The molecule has 2 nitrogen and oxygen atoms in total. The molecule has 2 atom stereocenters. The van der Waals surface area contributed by atoms with Gasteiger partial charge in [0.05, 0.1) is 6.10 Å². The Balaban J connectivity index is 1.93. The summed E-state index contributed by atoms with van der Waals surface area (Å²) in [4.78, 5) is 2.40. The van der Waals surface area contributed by atoms with Crippen LogP contribution in [0.3, 0.4) is 0 Å². The first-order chi connectivity index (χ1) is 9.06. The first-order valence-corrected chi connectivity index (χ1v) is 7.57. The molecule has 1 fully saturated rings. The van der Waals surface area contributed by atoms with E-state index in [1.807, 2.05) is 0 Å². The fourth-order valence-electron chi connectivity index (χ4n) is 2.94. The molecule has 1 heterocycles. The zero-order valence-electron chi connectivity index (χ0n) is 12.5. The van der Waals surface area contributed by atoms with E-state index in [1.165, 1.54) is 18.4 Å². The van der Waals surface area contributed by atoms with Gasteiger partial charge in [-0.2, -0.15) is 0 Å². The van der Waals surface area contributed by atoms with Crippen molar-refractivity contribution in [2.24, 2.45) is 5.92 Å². The van der Waals surface area contributed by atoms with Crippen molar-refractivity contribution in [3.05, 3.63) is 35.4 Å². The van der Waals surface area contributed by atoms with E-state index in [2.05, 4.69) is 49.9 Å². The molecule has 1 aromatic carbocycles. The third kappa shape index (κ3) is 4.05. The Bertz CT molecular complexity index is 385. The summed E-state index contributed by atoms with van der Waals surface area (Å²) in [5.41, 5.74) is 2.41. The first-order valence-electron chi connectivity index (χ1n) is 7.57. The molecule has 0 amide bonds. The summed E-state index contributed by atoms with van der Waals surface area (Å²) >= 11 is 0. The molecule has 1 aromatic rings. The van der Waals surface area contributed by atoms with Crippen LogP contribution < -0.4 is 0 Å². The van der Waals surface area contributed by atoms with Gasteiger partial charge in [-0.05, 0) is 49.8 Å². The first kappa shape index (κ1) is 14.5. The summed E-state index contributed by atoms with van der Waals surface area (Å²) in [6.45, 7) is 8.62. The van der Waals surface area contributed by atoms with E-state index in [0.29, 0.717) is 12.0 Å². The van der Waals surface area contributed by atoms with Crippen LogP contribution in [0.15, 0.2) is 24.3 Å². The van der Waals surface area contributed by atoms with Gasteiger partial charge >= 0.3 is 0 Å². The molecule has 2 unspecified atom stereocenters. The van der Waals surface area contributed by atoms with Crippen LogP contribution in [0.1, 0.15) is 50.8 Å². The molecule has 0 aromatic heterocycles. The van der Waals surface area contributed by atoms with Crippen molar-refractivity contribution in [1.82, 2.24) is 4.90 Å². The van der Waals surface area contributed by atoms with E-state index in [-0.39, 0.29) is 6.10 Å². The molecule has 19 heavy (non-hydrogen) atoms. The van der Waals surface area contributed by atoms with Crippen molar-refractivity contribution < 1.29 is 5.11 Å². The number of hydrogen-bond donors (Lipinski definition) is 1. The highest BCUT2D eigenvalue weighted by atomic mass is 16.3. The Morgan fingerprint density at radius 1 is 1.26 bits per heavy atom. The highest BCUT2D eigenvalue weighted by molar-refractivity contribution is 5.24. The number of likely N-dealkylation sites (tertiary alicyclic amines) is 1. The van der Waals surface area contributed by atoms with E-state index in [4.69, 9.17) is 0 Å². The van der Waals surface area contributed by atoms with E-state index in [1.54, 1.807) is 0 Å². The molecule has 1 aliphatic rings. The number of rotatable bonds is 5. The molecule has 2 rings (SSSR count). The number of nitrogens with zero attached hydrogens (tertiary/aromatic N) is 1. The van der Waals surface area contributed by atoms with Crippen molar-refractivity contribution in [3.8, 4) is 0 Å². The summed E-state index contributed by atoms with van der Waals surface area (Å²) in [6, 6.07) is 9.11. The number of benzene rings is 1. The summed E-state index contributed by atoms with van der Waals surface area (Å²) in [7, 11) is 0. The van der Waals surface area contributed by atoms with E-state index in [0.717, 1.165) is 25.1 Å². The maximum atomic E-state index is 10.3. The smallest absolute Gasteiger partial charge is 0.0917 e. The normalized spacial score (nSPS) is 22.1. The van der Waals surface area contributed by atoms with Gasteiger partial charge in [0.15, 0.2) is 0 Å². The van der Waals surface area contributed by atoms with Gasteiger partial charge in [-0.1, -0.05) is 38.1 Å². The molecule has 1 saturated heterocycles. The van der Waals surface area contributed by atoms with E-state index >= 15 is 0 Å². The van der Waals surface area contributed by atoms with Gasteiger partial charge in [-0.15, -0.1) is 0 Å². The quantitative estimate of drug-likeness (QED) is 0.878. The molecular weight excluding hydrogens is 234 g/mol. The molecule has 1 aliphatic heterocycles. The zero-order valence-corrected chi connectivity index (χ0v) is 12.5. The van der Waals surface area contributed by atoms with Gasteiger partial charge in [0.25, 0.3) is 0 Å². The maximum absolute atomic E-state index is 10.3. The van der Waals surface area contributed by atoms with Crippen molar-refractivity contribution in [3.63, 3.8) is 0 Å². The average Bonchev–Trinajstić information content (AvgIpc) is 2.75. The van der Waals surface area contributed by atoms with Gasteiger partial charge in [0.2, 0.25) is 0 Å². The summed E-state index contributed by atoms with van der Waals surface area (Å²) < 4.78 is 0. The Morgan fingerprint density at radius 3 is 2.47 bits per heavy atom. The monoisotopic (exact) mass is 261 g/mol. The van der Waals surface area contributed by atoms with E-state index in [9.17, 15) is 5.11 Å². The second-order valence-corrected chi connectivity index (χ2v) is 6.34. The lowest BCUT2D eigenvalue weighted by Gasteiger charge is -2.24. The molecule has 0 bridgehead atoms. The SMILES string of the molecule is CC(C)Cc1ccc(C(O)CN2CCCC2C)cc1. The Morgan fingerprint density at radius 2 is 1.95 bits per heavy atom. The number of aliphatic hydroxyl groups is 1. The molecular formula is C17H27NO. The number of aliphatic hydroxyl groups excluding tert-OH is 1. The average molecular weight is 261 g/mol. The van der Waals surface area contributed by atoms with Crippen LogP contribution in [0.2, 0.25) is 0 Å². The minimum Gasteiger partial charge on any atom is -0.387 e. The minimum absolute atomic E-state index is 0.353. The van der Waals surface area contributed by atoms with Crippen LogP contribution in [-0.4, -0.2) is 29.1 Å². The molecule has 0 radical (unpaired) electrons. The topological polar surface area (TPSA) is 23.5 Å². The molecule has 0 aliphatic carbocycles. The van der Waals surface area contributed by atoms with Gasteiger partial charge in [-0.25, -0.2) is 0 Å². The standard InChI is InChI=1S/C17H27NO/c1-13(2)11-15-6-8-16(9-7-15)17(19)12-18-10-4-5-14(18)3/h6-9,13-14,17,19H,4-5,10-12H2,1-3H3. The molecule has 1 N–H and O–H groups in total. The van der Waals surface area contributed by atoms with Gasteiger partial charge in [0.1, 0.15) is 0 Å². The fourth-order valence-corrected chi connectivity index (χ4v) is 2.94. The summed E-state index contributed by atoms with van der Waals surface area (Å²) in [5.74, 6) is 0.682. The second kappa shape index (κ2) is 6.53. The lowest BCUT2D eigenvalue weighted by atomic mass is 10.00. The largest absolute Gasteiger partial charge is 0.387 e. The van der Waals surface area contributed by atoms with Crippen LogP contribution in [0, 0.1) is 5.92 Å². The third-order valence-electron chi connectivity index (χ3n) is 4.11. The van der Waals surface area contributed by atoms with Gasteiger partial charge < -0.3 is 5.11 Å². The van der Waals surface area contributed by atoms with Crippen LogP contribution >= 0.6 is 0 Å². The minimum atomic E-state index is -0.353. The Labute approximate surface area is 117 Å². The lowest BCUT2D eigenvalue weighted by Crippen LogP contribution is -2.31. The van der Waals surface area contributed by atoms with Crippen LogP contribution in [0.4, 0.5) is 0 Å².